The molecule has 5 aliphatic carbocycles. The summed E-state index contributed by atoms with van der Waals surface area (Å²) < 4.78 is 13.4. The lowest BCUT2D eigenvalue weighted by atomic mass is 9.51. The Morgan fingerprint density at radius 3 is 2.46 bits per heavy atom. The van der Waals surface area contributed by atoms with E-state index in [4.69, 9.17) is 9.47 Å². The van der Waals surface area contributed by atoms with E-state index in [1.54, 1.807) is 18.0 Å². The largest absolute Gasteiger partial charge is 0.486 e. The monoisotopic (exact) mass is 725 g/mol. The molecule has 3 aromatic rings. The van der Waals surface area contributed by atoms with Gasteiger partial charge in [-0.2, -0.15) is 0 Å². The van der Waals surface area contributed by atoms with Crippen molar-refractivity contribution < 1.29 is 19.1 Å². The number of nitrogens with one attached hydrogen (secondary N) is 3. The van der Waals surface area contributed by atoms with E-state index >= 15 is 0 Å². The van der Waals surface area contributed by atoms with Crippen LogP contribution in [0.25, 0.3) is 5.69 Å². The van der Waals surface area contributed by atoms with Crippen LogP contribution in [0.3, 0.4) is 0 Å². The van der Waals surface area contributed by atoms with E-state index in [9.17, 15) is 9.59 Å². The van der Waals surface area contributed by atoms with E-state index in [2.05, 4.69) is 43.0 Å². The molecule has 2 aromatic heterocycles. The van der Waals surface area contributed by atoms with Crippen LogP contribution in [0.1, 0.15) is 81.2 Å². The van der Waals surface area contributed by atoms with Crippen molar-refractivity contribution in [2.45, 2.75) is 88.1 Å². The first-order valence-corrected chi connectivity index (χ1v) is 20.0. The standard InChI is InChI=1S/C40H51N7O4S/c1-27-18-34(51-26-37-45-46-39(52-35-8-2-3-9-35)47(37)33-7-4-12-42-25-33)11-10-30(27)6-5-17-50-40(49)44-16-14-41-13-15-43-38(48)24-36-31-20-28-19-29(22-31)23-32(36)21-28/h4,7,10-12,18,25,28-29,31-32,35-36,41H,2-3,8-9,13-17,19-24,26H2,1H3,(H,43,48)(H,44,49). The second kappa shape index (κ2) is 17.6. The number of carbonyl (C=O) groups is 2. The van der Waals surface area contributed by atoms with Crippen LogP contribution in [0.4, 0.5) is 4.79 Å². The number of aryl methyl sites for hydroxylation is 1. The van der Waals surface area contributed by atoms with Crippen molar-refractivity contribution in [3.05, 3.63) is 59.7 Å². The number of nitrogens with zero attached hydrogens (tertiary/aromatic N) is 4. The van der Waals surface area contributed by atoms with Gasteiger partial charge in [-0.3, -0.25) is 14.3 Å². The maximum absolute atomic E-state index is 12.6. The predicted molar refractivity (Wildman–Crippen MR) is 200 cm³/mol. The lowest BCUT2D eigenvalue weighted by Crippen LogP contribution is -2.46. The number of carbonyl (C=O) groups excluding carboxylic acids is 2. The molecule has 2 heterocycles. The molecule has 2 amide bonds. The Morgan fingerprint density at radius 1 is 0.962 bits per heavy atom. The molecular weight excluding hydrogens is 675 g/mol. The summed E-state index contributed by atoms with van der Waals surface area (Å²) in [6, 6.07) is 9.65. The molecule has 11 nitrogen and oxygen atoms in total. The van der Waals surface area contributed by atoms with Gasteiger partial charge in [-0.25, -0.2) is 4.79 Å². The van der Waals surface area contributed by atoms with Gasteiger partial charge in [0, 0.05) is 49.6 Å². The number of hydrogen-bond acceptors (Lipinski definition) is 9. The molecule has 0 unspecified atom stereocenters. The summed E-state index contributed by atoms with van der Waals surface area (Å²) in [5.41, 5.74) is 2.70. The molecule has 3 N–H and O–H groups in total. The van der Waals surface area contributed by atoms with Crippen LogP contribution in [0.5, 0.6) is 5.75 Å². The van der Waals surface area contributed by atoms with Gasteiger partial charge in [-0.15, -0.1) is 10.2 Å². The fraction of sp³-hybridized carbons (Fsp3) is 0.575. The molecule has 0 aliphatic heterocycles. The van der Waals surface area contributed by atoms with Gasteiger partial charge in [-0.05, 0) is 117 Å². The summed E-state index contributed by atoms with van der Waals surface area (Å²) >= 11 is 1.79. The zero-order chi connectivity index (χ0) is 35.7. The van der Waals surface area contributed by atoms with Gasteiger partial charge < -0.3 is 25.4 Å². The minimum absolute atomic E-state index is 0.0157. The lowest BCUT2D eigenvalue weighted by Gasteiger charge is -2.54. The quantitative estimate of drug-likeness (QED) is 0.131. The third-order valence-corrected chi connectivity index (χ3v) is 12.6. The average Bonchev–Trinajstić information content (AvgIpc) is 3.81. The van der Waals surface area contributed by atoms with Gasteiger partial charge in [0.15, 0.2) is 17.6 Å². The Bertz CT molecular complexity index is 1700. The molecule has 0 radical (unpaired) electrons. The molecule has 8 rings (SSSR count). The fourth-order valence-electron chi connectivity index (χ4n) is 8.99. The van der Waals surface area contributed by atoms with E-state index < -0.39 is 6.09 Å². The molecule has 1 aromatic carbocycles. The van der Waals surface area contributed by atoms with Crippen molar-refractivity contribution in [2.24, 2.45) is 29.6 Å². The molecule has 0 atom stereocenters. The molecule has 0 saturated heterocycles. The zero-order valence-corrected chi connectivity index (χ0v) is 31.0. The topological polar surface area (TPSA) is 132 Å². The summed E-state index contributed by atoms with van der Waals surface area (Å²) in [5.74, 6) is 11.6. The number of rotatable bonds is 15. The minimum Gasteiger partial charge on any atom is -0.486 e. The number of alkyl carbamates (subject to hydrolysis) is 1. The first kappa shape index (κ1) is 36.3. The van der Waals surface area contributed by atoms with E-state index in [1.807, 2.05) is 48.0 Å². The number of amides is 2. The van der Waals surface area contributed by atoms with Crippen LogP contribution in [-0.2, 0) is 16.1 Å². The summed E-state index contributed by atoms with van der Waals surface area (Å²) in [7, 11) is 0. The average molecular weight is 726 g/mol. The summed E-state index contributed by atoms with van der Waals surface area (Å²) in [6.07, 6.45) is 15.5. The summed E-state index contributed by atoms with van der Waals surface area (Å²) in [6.45, 7) is 4.48. The van der Waals surface area contributed by atoms with Crippen molar-refractivity contribution in [1.82, 2.24) is 35.7 Å². The Labute approximate surface area is 311 Å². The molecule has 4 bridgehead atoms. The third-order valence-electron chi connectivity index (χ3n) is 11.3. The van der Waals surface area contributed by atoms with E-state index in [1.165, 1.54) is 57.8 Å². The van der Waals surface area contributed by atoms with Crippen LogP contribution in [-0.4, -0.2) is 69.8 Å². The number of ether oxygens (including phenoxy) is 2. The molecule has 276 valence electrons. The third kappa shape index (κ3) is 9.47. The Hall–Kier alpha value is -4.08. The minimum atomic E-state index is -0.510. The molecule has 52 heavy (non-hydrogen) atoms. The van der Waals surface area contributed by atoms with Gasteiger partial charge in [-0.1, -0.05) is 36.4 Å². The van der Waals surface area contributed by atoms with E-state index in [0.717, 1.165) is 45.6 Å². The van der Waals surface area contributed by atoms with Crippen LogP contribution < -0.4 is 20.7 Å². The Morgan fingerprint density at radius 2 is 1.73 bits per heavy atom. The zero-order valence-electron chi connectivity index (χ0n) is 30.1. The summed E-state index contributed by atoms with van der Waals surface area (Å²) in [4.78, 5) is 29.0. The molecule has 12 heteroatoms. The number of benzene rings is 1. The normalized spacial score (nSPS) is 23.2. The van der Waals surface area contributed by atoms with Crippen LogP contribution in [0, 0.1) is 48.4 Å². The maximum atomic E-state index is 12.6. The molecule has 5 fully saturated rings. The van der Waals surface area contributed by atoms with Crippen molar-refractivity contribution in [1.29, 1.82) is 0 Å². The highest BCUT2D eigenvalue weighted by Crippen LogP contribution is 2.57. The van der Waals surface area contributed by atoms with Crippen LogP contribution in [0.2, 0.25) is 0 Å². The molecule has 5 saturated carbocycles. The SMILES string of the molecule is Cc1cc(OCc2nnc(SC3CCCC3)n2-c2cccnc2)ccc1C#CCOC(=O)NCCNCCNC(=O)CC1C2CC3CC(C2)CC1C3. The van der Waals surface area contributed by atoms with E-state index in [0.29, 0.717) is 55.3 Å². The second-order valence-electron chi connectivity index (χ2n) is 14.9. The first-order chi connectivity index (χ1) is 25.5. The van der Waals surface area contributed by atoms with Gasteiger partial charge in [0.2, 0.25) is 5.91 Å². The predicted octanol–water partition coefficient (Wildman–Crippen LogP) is 5.83. The van der Waals surface area contributed by atoms with Gasteiger partial charge in [0.1, 0.15) is 12.4 Å². The van der Waals surface area contributed by atoms with Crippen molar-refractivity contribution in [2.75, 3.05) is 32.8 Å². The number of pyridine rings is 1. The Kier molecular flexibility index (Phi) is 12.3. The summed E-state index contributed by atoms with van der Waals surface area (Å²) in [5, 5.41) is 19.5. The lowest BCUT2D eigenvalue weighted by molar-refractivity contribution is -0.126. The number of aromatic nitrogens is 4. The fourth-order valence-corrected chi connectivity index (χ4v) is 10.3. The van der Waals surface area contributed by atoms with Gasteiger partial charge >= 0.3 is 6.09 Å². The van der Waals surface area contributed by atoms with Crippen LogP contribution >= 0.6 is 11.8 Å². The number of hydrogen-bond donors (Lipinski definition) is 3. The highest BCUT2D eigenvalue weighted by molar-refractivity contribution is 7.99. The van der Waals surface area contributed by atoms with Crippen molar-refractivity contribution in [3.63, 3.8) is 0 Å². The maximum Gasteiger partial charge on any atom is 0.408 e. The van der Waals surface area contributed by atoms with Crippen molar-refractivity contribution in [3.8, 4) is 23.3 Å². The molecular formula is C40H51N7O4S. The second-order valence-corrected chi connectivity index (χ2v) is 16.2. The smallest absolute Gasteiger partial charge is 0.408 e. The van der Waals surface area contributed by atoms with Crippen molar-refractivity contribution >= 4 is 23.8 Å². The first-order valence-electron chi connectivity index (χ1n) is 19.1. The number of thioether (sulfide) groups is 1. The van der Waals surface area contributed by atoms with Gasteiger partial charge in [0.25, 0.3) is 0 Å². The highest BCUT2D eigenvalue weighted by atomic mass is 32.2. The highest BCUT2D eigenvalue weighted by Gasteiger charge is 2.48. The van der Waals surface area contributed by atoms with Gasteiger partial charge in [0.05, 0.1) is 11.9 Å². The van der Waals surface area contributed by atoms with Crippen LogP contribution in [0.15, 0.2) is 47.9 Å². The Balaban J connectivity index is 0.775. The molecule has 0 spiro atoms. The molecule has 5 aliphatic rings. The van der Waals surface area contributed by atoms with E-state index in [-0.39, 0.29) is 19.1 Å².